The first kappa shape index (κ1) is 18.0. The zero-order chi connectivity index (χ0) is 19.0. The van der Waals surface area contributed by atoms with Crippen molar-refractivity contribution in [3.05, 3.63) is 36.4 Å². The van der Waals surface area contributed by atoms with Gasteiger partial charge in [0.05, 0.1) is 32.3 Å². The summed E-state index contributed by atoms with van der Waals surface area (Å²) in [6, 6.07) is 7.34. The Bertz CT molecular complexity index is 758. The highest BCUT2D eigenvalue weighted by molar-refractivity contribution is 6.02. The van der Waals surface area contributed by atoms with E-state index in [0.29, 0.717) is 13.2 Å². The lowest BCUT2D eigenvalue weighted by Gasteiger charge is -2.22. The lowest BCUT2D eigenvalue weighted by molar-refractivity contribution is -0.152. The van der Waals surface area contributed by atoms with Gasteiger partial charge in [0.15, 0.2) is 0 Å². The maximum absolute atomic E-state index is 13.2. The van der Waals surface area contributed by atoms with Gasteiger partial charge in [0, 0.05) is 5.69 Å². The molecule has 3 aliphatic heterocycles. The third kappa shape index (κ3) is 2.92. The highest BCUT2D eigenvalue weighted by Crippen LogP contribution is 2.52. The van der Waals surface area contributed by atoms with Crippen LogP contribution >= 0.6 is 0 Å². The van der Waals surface area contributed by atoms with E-state index in [1.807, 2.05) is 36.4 Å². The maximum Gasteiger partial charge on any atom is 0.312 e. The molecule has 0 N–H and O–H groups in total. The monoisotopic (exact) mass is 371 g/mol. The number of carbonyl (C=O) groups excluding carboxylic acids is 2. The van der Waals surface area contributed by atoms with Gasteiger partial charge in [0.25, 0.3) is 0 Å². The van der Waals surface area contributed by atoms with Crippen LogP contribution in [0.2, 0.25) is 0 Å². The molecule has 0 aliphatic carbocycles. The number of esters is 1. The van der Waals surface area contributed by atoms with Crippen molar-refractivity contribution in [2.24, 2.45) is 11.8 Å². The Morgan fingerprint density at radius 2 is 2.07 bits per heavy atom. The van der Waals surface area contributed by atoms with E-state index in [1.54, 1.807) is 12.0 Å². The minimum atomic E-state index is -0.727. The number of benzene rings is 1. The van der Waals surface area contributed by atoms with Gasteiger partial charge in [-0.2, -0.15) is 0 Å². The van der Waals surface area contributed by atoms with E-state index < -0.39 is 17.4 Å². The predicted octanol–water partition coefficient (Wildman–Crippen LogP) is 2.72. The normalized spacial score (nSPS) is 30.7. The first-order valence-corrected chi connectivity index (χ1v) is 9.59. The molecule has 1 aromatic carbocycles. The minimum absolute atomic E-state index is 0.0810. The van der Waals surface area contributed by atoms with E-state index in [1.165, 1.54) is 0 Å². The van der Waals surface area contributed by atoms with Crippen molar-refractivity contribution >= 4 is 17.6 Å². The third-order valence-electron chi connectivity index (χ3n) is 5.75. The summed E-state index contributed by atoms with van der Waals surface area (Å²) >= 11 is 0. The van der Waals surface area contributed by atoms with Gasteiger partial charge in [-0.25, -0.2) is 0 Å². The molecule has 0 saturated carbocycles. The van der Waals surface area contributed by atoms with Crippen LogP contribution in [-0.4, -0.2) is 43.8 Å². The number of ether oxygens (including phenoxy) is 3. The molecule has 1 aromatic rings. The number of unbranched alkanes of at least 4 members (excludes halogenated alkanes) is 2. The summed E-state index contributed by atoms with van der Waals surface area (Å²) in [5.41, 5.74) is 0.0505. The fraction of sp³-hybridized carbons (Fsp3) is 0.524. The number of rotatable bonds is 7. The van der Waals surface area contributed by atoms with Crippen molar-refractivity contribution in [2.45, 2.75) is 37.9 Å². The van der Waals surface area contributed by atoms with Gasteiger partial charge < -0.3 is 19.1 Å². The molecular weight excluding hydrogens is 346 g/mol. The fourth-order valence-corrected chi connectivity index (χ4v) is 4.37. The van der Waals surface area contributed by atoms with Gasteiger partial charge in [-0.1, -0.05) is 31.9 Å². The second-order valence-corrected chi connectivity index (χ2v) is 7.40. The van der Waals surface area contributed by atoms with E-state index in [2.05, 4.69) is 6.92 Å². The molecule has 1 amide bonds. The SMILES string of the molecule is CCCCCOC(=O)[C@@H]1[C@@H]2C=C[C@]3(CN(c4ccc(OC)cc4)C(=O)[C@H]13)O2. The molecule has 3 heterocycles. The van der Waals surface area contributed by atoms with Crippen LogP contribution in [0.4, 0.5) is 5.69 Å². The molecule has 2 saturated heterocycles. The highest BCUT2D eigenvalue weighted by Gasteiger charge is 2.67. The predicted molar refractivity (Wildman–Crippen MR) is 99.6 cm³/mol. The van der Waals surface area contributed by atoms with Gasteiger partial charge >= 0.3 is 5.97 Å². The van der Waals surface area contributed by atoms with E-state index in [-0.39, 0.29) is 18.0 Å². The Balaban J connectivity index is 1.52. The van der Waals surface area contributed by atoms with E-state index in [9.17, 15) is 9.59 Å². The zero-order valence-electron chi connectivity index (χ0n) is 15.7. The molecule has 1 spiro atoms. The van der Waals surface area contributed by atoms with Crippen molar-refractivity contribution in [2.75, 3.05) is 25.2 Å². The highest BCUT2D eigenvalue weighted by atomic mass is 16.6. The van der Waals surface area contributed by atoms with Crippen LogP contribution < -0.4 is 9.64 Å². The van der Waals surface area contributed by atoms with Gasteiger partial charge in [-0.15, -0.1) is 0 Å². The first-order chi connectivity index (χ1) is 13.1. The average molecular weight is 371 g/mol. The van der Waals surface area contributed by atoms with Crippen LogP contribution in [0.15, 0.2) is 36.4 Å². The molecule has 6 heteroatoms. The molecular formula is C21H25NO5. The summed E-state index contributed by atoms with van der Waals surface area (Å²) in [5.74, 6) is -0.755. The van der Waals surface area contributed by atoms with Crippen LogP contribution in [0.3, 0.4) is 0 Å². The van der Waals surface area contributed by atoms with Gasteiger partial charge in [-0.05, 0) is 30.7 Å². The summed E-state index contributed by atoms with van der Waals surface area (Å²) in [7, 11) is 1.60. The Kier molecular flexibility index (Phi) is 4.68. The smallest absolute Gasteiger partial charge is 0.312 e. The van der Waals surface area contributed by atoms with Crippen molar-refractivity contribution < 1.29 is 23.8 Å². The molecule has 27 heavy (non-hydrogen) atoms. The van der Waals surface area contributed by atoms with Crippen LogP contribution in [-0.2, 0) is 19.1 Å². The van der Waals surface area contributed by atoms with Crippen LogP contribution in [0.5, 0.6) is 5.75 Å². The van der Waals surface area contributed by atoms with Crippen molar-refractivity contribution in [1.82, 2.24) is 0 Å². The van der Waals surface area contributed by atoms with Crippen molar-refractivity contribution in [3.8, 4) is 5.75 Å². The number of fused-ring (bicyclic) bond motifs is 1. The molecule has 0 aromatic heterocycles. The first-order valence-electron chi connectivity index (χ1n) is 9.59. The third-order valence-corrected chi connectivity index (χ3v) is 5.75. The molecule has 3 aliphatic rings. The Hall–Kier alpha value is -2.34. The fourth-order valence-electron chi connectivity index (χ4n) is 4.37. The van der Waals surface area contributed by atoms with Crippen LogP contribution in [0.1, 0.15) is 26.2 Å². The quantitative estimate of drug-likeness (QED) is 0.419. The van der Waals surface area contributed by atoms with Gasteiger partial charge in [-0.3, -0.25) is 9.59 Å². The number of nitrogens with zero attached hydrogens (tertiary/aromatic N) is 1. The Morgan fingerprint density at radius 1 is 1.30 bits per heavy atom. The second kappa shape index (κ2) is 7.00. The summed E-state index contributed by atoms with van der Waals surface area (Å²) in [6.07, 6.45) is 6.42. The lowest BCUT2D eigenvalue weighted by atomic mass is 9.77. The number of methoxy groups -OCH3 is 1. The van der Waals surface area contributed by atoms with E-state index in [4.69, 9.17) is 14.2 Å². The van der Waals surface area contributed by atoms with Crippen molar-refractivity contribution in [1.29, 1.82) is 0 Å². The number of carbonyl (C=O) groups is 2. The minimum Gasteiger partial charge on any atom is -0.497 e. The number of amides is 1. The topological polar surface area (TPSA) is 65.1 Å². The number of hydrogen-bond donors (Lipinski definition) is 0. The molecule has 2 fully saturated rings. The summed E-state index contributed by atoms with van der Waals surface area (Å²) in [5, 5.41) is 0. The standard InChI is InChI=1S/C21H25NO5/c1-3-4-5-12-26-20(24)17-16-10-11-21(27-16)13-22(19(23)18(17)21)14-6-8-15(25-2)9-7-14/h6-11,16-18H,3-5,12-13H2,1-2H3/t16-,17+,18-,21+/m0/s1. The summed E-state index contributed by atoms with van der Waals surface area (Å²) < 4.78 is 16.8. The molecule has 4 rings (SSSR count). The van der Waals surface area contributed by atoms with Gasteiger partial charge in [0.2, 0.25) is 5.91 Å². The van der Waals surface area contributed by atoms with Crippen LogP contribution in [0.25, 0.3) is 0 Å². The molecule has 2 bridgehead atoms. The lowest BCUT2D eigenvalue weighted by Crippen LogP contribution is -2.40. The molecule has 6 nitrogen and oxygen atoms in total. The van der Waals surface area contributed by atoms with Crippen LogP contribution in [0, 0.1) is 11.8 Å². The number of anilines is 1. The molecule has 0 unspecified atom stereocenters. The zero-order valence-corrected chi connectivity index (χ0v) is 15.7. The van der Waals surface area contributed by atoms with Gasteiger partial charge in [0.1, 0.15) is 17.3 Å². The summed E-state index contributed by atoms with van der Waals surface area (Å²) in [6.45, 7) is 2.91. The molecule has 0 radical (unpaired) electrons. The Labute approximate surface area is 159 Å². The largest absolute Gasteiger partial charge is 0.497 e. The van der Waals surface area contributed by atoms with E-state index in [0.717, 1.165) is 30.7 Å². The molecule has 144 valence electrons. The average Bonchev–Trinajstić information content (AvgIpc) is 3.33. The Morgan fingerprint density at radius 3 is 2.78 bits per heavy atom. The number of hydrogen-bond acceptors (Lipinski definition) is 5. The maximum atomic E-state index is 13.2. The van der Waals surface area contributed by atoms with Crippen molar-refractivity contribution in [3.63, 3.8) is 0 Å². The second-order valence-electron chi connectivity index (χ2n) is 7.40. The molecule has 4 atom stereocenters. The summed E-state index contributed by atoms with van der Waals surface area (Å²) in [4.78, 5) is 27.6. The van der Waals surface area contributed by atoms with E-state index >= 15 is 0 Å².